The van der Waals surface area contributed by atoms with E-state index in [1.807, 2.05) is 6.07 Å². The molecule has 1 amide bonds. The second-order valence-electron chi connectivity index (χ2n) is 5.80. The van der Waals surface area contributed by atoms with Gasteiger partial charge in [-0.3, -0.25) is 9.59 Å². The Labute approximate surface area is 118 Å². The monoisotopic (exact) mass is 273 g/mol. The molecule has 20 heavy (non-hydrogen) atoms. The fourth-order valence-electron chi connectivity index (χ4n) is 3.65. The molecule has 1 aliphatic carbocycles. The van der Waals surface area contributed by atoms with Crippen molar-refractivity contribution < 1.29 is 14.7 Å². The number of hydrogen-bond donors (Lipinski definition) is 2. The summed E-state index contributed by atoms with van der Waals surface area (Å²) < 4.78 is 0. The van der Waals surface area contributed by atoms with Crippen LogP contribution in [-0.4, -0.2) is 23.0 Å². The number of rotatable bonds is 2. The highest BCUT2D eigenvalue weighted by Crippen LogP contribution is 2.37. The van der Waals surface area contributed by atoms with E-state index in [4.69, 9.17) is 0 Å². The molecule has 1 saturated carbocycles. The van der Waals surface area contributed by atoms with Gasteiger partial charge in [0.05, 0.1) is 0 Å². The molecule has 4 nitrogen and oxygen atoms in total. The molecule has 106 valence electrons. The first-order chi connectivity index (χ1) is 9.68. The lowest BCUT2D eigenvalue weighted by atomic mass is 9.73. The highest BCUT2D eigenvalue weighted by molar-refractivity contribution is 6.00. The van der Waals surface area contributed by atoms with Crippen molar-refractivity contribution in [2.45, 2.75) is 44.1 Å². The number of fused-ring (bicyclic) bond motifs is 1. The molecule has 0 spiro atoms. The van der Waals surface area contributed by atoms with Crippen LogP contribution in [0, 0.1) is 5.92 Å². The molecule has 1 heterocycles. The molecular formula is C16H19NO3. The van der Waals surface area contributed by atoms with E-state index in [0.717, 1.165) is 25.7 Å². The predicted octanol–water partition coefficient (Wildman–Crippen LogP) is 2.55. The highest BCUT2D eigenvalue weighted by atomic mass is 16.4. The van der Waals surface area contributed by atoms with Gasteiger partial charge in [-0.05, 0) is 30.4 Å². The van der Waals surface area contributed by atoms with Crippen LogP contribution in [0.2, 0.25) is 0 Å². The predicted molar refractivity (Wildman–Crippen MR) is 74.6 cm³/mol. The van der Waals surface area contributed by atoms with Crippen molar-refractivity contribution >= 4 is 11.9 Å². The van der Waals surface area contributed by atoms with Crippen LogP contribution >= 0.6 is 0 Å². The SMILES string of the molecule is O=C1NC(C2CCCCC2)C(C(=O)O)c2ccccc21. The molecule has 2 unspecified atom stereocenters. The number of benzene rings is 1. The van der Waals surface area contributed by atoms with Gasteiger partial charge < -0.3 is 10.4 Å². The molecule has 3 rings (SSSR count). The number of carboxylic acids is 1. The average molecular weight is 273 g/mol. The quantitative estimate of drug-likeness (QED) is 0.870. The van der Waals surface area contributed by atoms with Crippen LogP contribution < -0.4 is 5.32 Å². The van der Waals surface area contributed by atoms with Gasteiger partial charge in [-0.15, -0.1) is 0 Å². The van der Waals surface area contributed by atoms with Crippen molar-refractivity contribution in [3.05, 3.63) is 35.4 Å². The fraction of sp³-hybridized carbons (Fsp3) is 0.500. The molecule has 0 radical (unpaired) electrons. The minimum Gasteiger partial charge on any atom is -0.481 e. The van der Waals surface area contributed by atoms with Gasteiger partial charge in [-0.1, -0.05) is 37.5 Å². The van der Waals surface area contributed by atoms with Crippen molar-refractivity contribution in [2.24, 2.45) is 5.92 Å². The molecule has 0 aromatic heterocycles. The van der Waals surface area contributed by atoms with Crippen molar-refractivity contribution in [3.8, 4) is 0 Å². The highest BCUT2D eigenvalue weighted by Gasteiger charge is 2.42. The van der Waals surface area contributed by atoms with Crippen LogP contribution in [0.25, 0.3) is 0 Å². The Morgan fingerprint density at radius 1 is 1.15 bits per heavy atom. The van der Waals surface area contributed by atoms with Crippen LogP contribution in [-0.2, 0) is 4.79 Å². The number of nitrogens with one attached hydrogen (secondary N) is 1. The van der Waals surface area contributed by atoms with Gasteiger partial charge in [-0.25, -0.2) is 0 Å². The van der Waals surface area contributed by atoms with Crippen molar-refractivity contribution in [1.29, 1.82) is 0 Å². The first-order valence-electron chi connectivity index (χ1n) is 7.31. The number of carbonyl (C=O) groups excluding carboxylic acids is 1. The Balaban J connectivity index is 1.99. The standard InChI is InChI=1S/C16H19NO3/c18-15-12-9-5-4-8-11(12)13(16(19)20)14(17-15)10-6-2-1-3-7-10/h4-5,8-10,13-14H,1-3,6-7H2,(H,17,18)(H,19,20). The Kier molecular flexibility index (Phi) is 3.47. The summed E-state index contributed by atoms with van der Waals surface area (Å²) in [6, 6.07) is 6.81. The topological polar surface area (TPSA) is 66.4 Å². The average Bonchev–Trinajstić information content (AvgIpc) is 2.47. The molecule has 0 bridgehead atoms. The largest absolute Gasteiger partial charge is 0.481 e. The smallest absolute Gasteiger partial charge is 0.313 e. The number of amides is 1. The summed E-state index contributed by atoms with van der Waals surface area (Å²) in [5.41, 5.74) is 1.17. The Hall–Kier alpha value is -1.84. The normalized spacial score (nSPS) is 26.7. The van der Waals surface area contributed by atoms with Crippen LogP contribution in [0.15, 0.2) is 24.3 Å². The fourth-order valence-corrected chi connectivity index (χ4v) is 3.65. The zero-order chi connectivity index (χ0) is 14.1. The third-order valence-corrected chi connectivity index (χ3v) is 4.62. The van der Waals surface area contributed by atoms with Crippen molar-refractivity contribution in [2.75, 3.05) is 0 Å². The van der Waals surface area contributed by atoms with Gasteiger partial charge in [-0.2, -0.15) is 0 Å². The third-order valence-electron chi connectivity index (χ3n) is 4.62. The first kappa shape index (κ1) is 13.2. The number of carboxylic acid groups (broad SMARTS) is 1. The lowest BCUT2D eigenvalue weighted by molar-refractivity contribution is -0.140. The van der Waals surface area contributed by atoms with E-state index in [9.17, 15) is 14.7 Å². The molecule has 2 aliphatic rings. The van der Waals surface area contributed by atoms with E-state index < -0.39 is 11.9 Å². The lowest BCUT2D eigenvalue weighted by Crippen LogP contribution is -2.51. The molecule has 0 saturated heterocycles. The maximum absolute atomic E-state index is 12.2. The lowest BCUT2D eigenvalue weighted by Gasteiger charge is -2.38. The van der Waals surface area contributed by atoms with E-state index >= 15 is 0 Å². The number of carbonyl (C=O) groups is 2. The maximum Gasteiger partial charge on any atom is 0.313 e. The molecule has 1 aromatic carbocycles. The second kappa shape index (κ2) is 5.27. The summed E-state index contributed by atoms with van der Waals surface area (Å²) in [6.07, 6.45) is 5.50. The van der Waals surface area contributed by atoms with Crippen LogP contribution in [0.3, 0.4) is 0 Å². The molecule has 2 atom stereocenters. The second-order valence-corrected chi connectivity index (χ2v) is 5.80. The molecule has 1 aliphatic heterocycles. The third kappa shape index (κ3) is 2.19. The van der Waals surface area contributed by atoms with Crippen LogP contribution in [0.1, 0.15) is 53.9 Å². The summed E-state index contributed by atoms with van der Waals surface area (Å²) in [7, 11) is 0. The summed E-state index contributed by atoms with van der Waals surface area (Å²) in [6.45, 7) is 0. The Bertz CT molecular complexity index is 534. The van der Waals surface area contributed by atoms with Gasteiger partial charge in [0, 0.05) is 11.6 Å². The van der Waals surface area contributed by atoms with Crippen molar-refractivity contribution in [1.82, 2.24) is 5.32 Å². The summed E-state index contributed by atoms with van der Waals surface area (Å²) >= 11 is 0. The maximum atomic E-state index is 12.2. The minimum absolute atomic E-state index is 0.131. The summed E-state index contributed by atoms with van der Waals surface area (Å²) in [5, 5.41) is 12.6. The number of hydrogen-bond acceptors (Lipinski definition) is 2. The van der Waals surface area contributed by atoms with E-state index in [-0.39, 0.29) is 17.9 Å². The van der Waals surface area contributed by atoms with Gasteiger partial charge in [0.25, 0.3) is 5.91 Å². The van der Waals surface area contributed by atoms with Gasteiger partial charge in [0.15, 0.2) is 0 Å². The van der Waals surface area contributed by atoms with E-state index in [0.29, 0.717) is 11.1 Å². The van der Waals surface area contributed by atoms with E-state index in [1.54, 1.807) is 18.2 Å². The molecular weight excluding hydrogens is 254 g/mol. The molecule has 1 fully saturated rings. The van der Waals surface area contributed by atoms with Crippen LogP contribution in [0.4, 0.5) is 0 Å². The Morgan fingerprint density at radius 2 is 1.85 bits per heavy atom. The Morgan fingerprint density at radius 3 is 2.55 bits per heavy atom. The first-order valence-corrected chi connectivity index (χ1v) is 7.31. The van der Waals surface area contributed by atoms with Gasteiger partial charge >= 0.3 is 5.97 Å². The summed E-state index contributed by atoms with van der Waals surface area (Å²) in [5.74, 6) is -1.31. The van der Waals surface area contributed by atoms with Crippen LogP contribution in [0.5, 0.6) is 0 Å². The number of aliphatic carboxylic acids is 1. The van der Waals surface area contributed by atoms with Crippen molar-refractivity contribution in [3.63, 3.8) is 0 Å². The van der Waals surface area contributed by atoms with E-state index in [1.165, 1.54) is 6.42 Å². The summed E-state index contributed by atoms with van der Waals surface area (Å²) in [4.78, 5) is 23.9. The zero-order valence-corrected chi connectivity index (χ0v) is 11.3. The minimum atomic E-state index is -0.840. The van der Waals surface area contributed by atoms with Gasteiger partial charge in [0.1, 0.15) is 5.92 Å². The molecule has 1 aromatic rings. The molecule has 4 heteroatoms. The van der Waals surface area contributed by atoms with Gasteiger partial charge in [0.2, 0.25) is 0 Å². The molecule has 2 N–H and O–H groups in total. The van der Waals surface area contributed by atoms with E-state index in [2.05, 4.69) is 5.32 Å². The zero-order valence-electron chi connectivity index (χ0n) is 11.3.